The number of nitrogens with one attached hydrogen (secondary N) is 1. The van der Waals surface area contributed by atoms with Crippen LogP contribution in [0.15, 0.2) is 30.3 Å². The van der Waals surface area contributed by atoms with E-state index in [-0.39, 0.29) is 0 Å². The van der Waals surface area contributed by atoms with Gasteiger partial charge in [-0.25, -0.2) is 4.98 Å². The lowest BCUT2D eigenvalue weighted by Crippen LogP contribution is -2.38. The van der Waals surface area contributed by atoms with E-state index in [0.29, 0.717) is 30.0 Å². The van der Waals surface area contributed by atoms with Crippen LogP contribution >= 0.6 is 11.6 Å². The Morgan fingerprint density at radius 2 is 1.83 bits per heavy atom. The number of benzene rings is 1. The highest BCUT2D eigenvalue weighted by atomic mass is 35.5. The van der Waals surface area contributed by atoms with Crippen molar-refractivity contribution in [3.8, 4) is 0 Å². The van der Waals surface area contributed by atoms with Gasteiger partial charge in [-0.05, 0) is 38.1 Å². The van der Waals surface area contributed by atoms with Gasteiger partial charge in [0.05, 0.1) is 24.4 Å². The van der Waals surface area contributed by atoms with E-state index in [1.807, 2.05) is 44.2 Å². The number of nitrogens with zero attached hydrogens (tertiary/aromatic N) is 3. The number of anilines is 3. The molecule has 0 atom stereocenters. The third-order valence-electron chi connectivity index (χ3n) is 3.79. The predicted molar refractivity (Wildman–Crippen MR) is 97.0 cm³/mol. The number of aromatic nitrogens is 2. The number of halogens is 1. The second kappa shape index (κ2) is 6.93. The van der Waals surface area contributed by atoms with Gasteiger partial charge in [-0.1, -0.05) is 11.6 Å². The Kier molecular flexibility index (Phi) is 4.89. The van der Waals surface area contributed by atoms with Crippen LogP contribution < -0.4 is 16.0 Å². The zero-order chi connectivity index (χ0) is 17.2. The molecule has 1 aromatic heterocycles. The lowest BCUT2D eigenvalue weighted by molar-refractivity contribution is 0.122. The molecule has 0 aliphatic carbocycles. The van der Waals surface area contributed by atoms with Gasteiger partial charge >= 0.3 is 0 Å². The van der Waals surface area contributed by atoms with Crippen molar-refractivity contribution in [1.29, 1.82) is 0 Å². The first-order chi connectivity index (χ1) is 11.4. The molecular formula is C17H22ClN5O. The van der Waals surface area contributed by atoms with Crippen molar-refractivity contribution < 1.29 is 4.74 Å². The molecule has 24 heavy (non-hydrogen) atoms. The fourth-order valence-electron chi connectivity index (χ4n) is 2.41. The van der Waals surface area contributed by atoms with Crippen molar-refractivity contribution in [1.82, 2.24) is 9.97 Å². The quantitative estimate of drug-likeness (QED) is 0.885. The molecule has 0 amide bonds. The zero-order valence-electron chi connectivity index (χ0n) is 13.9. The van der Waals surface area contributed by atoms with E-state index < -0.39 is 5.54 Å². The van der Waals surface area contributed by atoms with Gasteiger partial charge in [0, 0.05) is 29.9 Å². The maximum Gasteiger partial charge on any atom is 0.227 e. The number of rotatable bonds is 4. The summed E-state index contributed by atoms with van der Waals surface area (Å²) in [5.74, 6) is 1.38. The zero-order valence-corrected chi connectivity index (χ0v) is 14.7. The van der Waals surface area contributed by atoms with Crippen molar-refractivity contribution in [2.45, 2.75) is 19.4 Å². The average Bonchev–Trinajstić information content (AvgIpc) is 2.57. The maximum atomic E-state index is 6.26. The van der Waals surface area contributed by atoms with Crippen LogP contribution in [0.4, 0.5) is 17.5 Å². The van der Waals surface area contributed by atoms with Crippen LogP contribution in [0.5, 0.6) is 0 Å². The Bertz CT molecular complexity index is 693. The summed E-state index contributed by atoms with van der Waals surface area (Å²) in [7, 11) is 0. The molecule has 2 aromatic rings. The molecule has 1 saturated heterocycles. The minimum atomic E-state index is -0.555. The van der Waals surface area contributed by atoms with Gasteiger partial charge < -0.3 is 20.7 Å². The molecule has 0 spiro atoms. The van der Waals surface area contributed by atoms with Gasteiger partial charge in [-0.2, -0.15) is 4.98 Å². The molecule has 1 aliphatic heterocycles. The predicted octanol–water partition coefficient (Wildman–Crippen LogP) is 2.90. The summed E-state index contributed by atoms with van der Waals surface area (Å²) < 4.78 is 5.41. The summed E-state index contributed by atoms with van der Waals surface area (Å²) in [6.45, 7) is 6.78. The Hall–Kier alpha value is -1.89. The fraction of sp³-hybridized carbons (Fsp3) is 0.412. The molecule has 1 fully saturated rings. The fourth-order valence-corrected chi connectivity index (χ4v) is 2.54. The van der Waals surface area contributed by atoms with E-state index in [4.69, 9.17) is 22.1 Å². The van der Waals surface area contributed by atoms with Gasteiger partial charge in [0.15, 0.2) is 0 Å². The van der Waals surface area contributed by atoms with Gasteiger partial charge in [0.2, 0.25) is 5.95 Å². The molecule has 0 saturated carbocycles. The monoisotopic (exact) mass is 347 g/mol. The van der Waals surface area contributed by atoms with Crippen LogP contribution in [0.1, 0.15) is 19.5 Å². The molecule has 3 rings (SSSR count). The SMILES string of the molecule is CC(C)(N)c1cc(Nc2ccc(Cl)cc2)nc(N2CCOCC2)n1. The first-order valence-electron chi connectivity index (χ1n) is 7.95. The summed E-state index contributed by atoms with van der Waals surface area (Å²) in [5.41, 5.74) is 7.40. The van der Waals surface area contributed by atoms with E-state index in [0.717, 1.165) is 24.5 Å². The third-order valence-corrected chi connectivity index (χ3v) is 4.04. The van der Waals surface area contributed by atoms with Gasteiger partial charge in [-0.15, -0.1) is 0 Å². The molecular weight excluding hydrogens is 326 g/mol. The highest BCUT2D eigenvalue weighted by Crippen LogP contribution is 2.24. The molecule has 3 N–H and O–H groups in total. The molecule has 7 heteroatoms. The van der Waals surface area contributed by atoms with Crippen molar-refractivity contribution in [2.24, 2.45) is 5.73 Å². The van der Waals surface area contributed by atoms with Crippen molar-refractivity contribution in [3.63, 3.8) is 0 Å². The summed E-state index contributed by atoms with van der Waals surface area (Å²) >= 11 is 5.94. The smallest absolute Gasteiger partial charge is 0.227 e. The van der Waals surface area contributed by atoms with E-state index >= 15 is 0 Å². The van der Waals surface area contributed by atoms with Crippen molar-refractivity contribution in [3.05, 3.63) is 41.0 Å². The standard InChI is InChI=1S/C17H22ClN5O/c1-17(2,19)14-11-15(20-13-5-3-12(18)4-6-13)22-16(21-14)23-7-9-24-10-8-23/h3-6,11H,7-10,19H2,1-2H3,(H,20,21,22). The minimum absolute atomic E-state index is 0.555. The summed E-state index contributed by atoms with van der Waals surface area (Å²) in [4.78, 5) is 11.4. The first kappa shape index (κ1) is 17.0. The lowest BCUT2D eigenvalue weighted by atomic mass is 10.0. The van der Waals surface area contributed by atoms with E-state index in [1.54, 1.807) is 0 Å². The van der Waals surface area contributed by atoms with Crippen molar-refractivity contribution in [2.75, 3.05) is 36.5 Å². The first-order valence-corrected chi connectivity index (χ1v) is 8.33. The Morgan fingerprint density at radius 1 is 1.17 bits per heavy atom. The summed E-state index contributed by atoms with van der Waals surface area (Å²) in [5, 5.41) is 4.00. The van der Waals surface area contributed by atoms with E-state index in [1.165, 1.54) is 0 Å². The van der Waals surface area contributed by atoms with E-state index in [2.05, 4.69) is 20.2 Å². The highest BCUT2D eigenvalue weighted by Gasteiger charge is 2.21. The molecule has 1 aliphatic rings. The van der Waals surface area contributed by atoms with Crippen molar-refractivity contribution >= 4 is 29.1 Å². The molecule has 6 nitrogen and oxygen atoms in total. The number of hydrogen-bond donors (Lipinski definition) is 2. The Labute approximate surface area is 147 Å². The van der Waals surface area contributed by atoms with Crippen LogP contribution in [0, 0.1) is 0 Å². The Morgan fingerprint density at radius 3 is 2.46 bits per heavy atom. The molecule has 0 unspecified atom stereocenters. The van der Waals surface area contributed by atoms with Crippen LogP contribution in [-0.4, -0.2) is 36.3 Å². The average molecular weight is 348 g/mol. The summed E-state index contributed by atoms with van der Waals surface area (Å²) in [6, 6.07) is 9.38. The van der Waals surface area contributed by atoms with Gasteiger partial charge in [0.25, 0.3) is 0 Å². The van der Waals surface area contributed by atoms with Crippen LogP contribution in [0.2, 0.25) is 5.02 Å². The second-order valence-corrected chi connectivity index (χ2v) is 6.83. The largest absolute Gasteiger partial charge is 0.378 e. The maximum absolute atomic E-state index is 6.26. The third kappa shape index (κ3) is 4.14. The Balaban J connectivity index is 1.93. The van der Waals surface area contributed by atoms with Crippen LogP contribution in [0.3, 0.4) is 0 Å². The molecule has 128 valence electrons. The summed E-state index contributed by atoms with van der Waals surface area (Å²) in [6.07, 6.45) is 0. The highest BCUT2D eigenvalue weighted by molar-refractivity contribution is 6.30. The second-order valence-electron chi connectivity index (χ2n) is 6.39. The number of hydrogen-bond acceptors (Lipinski definition) is 6. The van der Waals surface area contributed by atoms with Crippen LogP contribution in [0.25, 0.3) is 0 Å². The van der Waals surface area contributed by atoms with Gasteiger partial charge in [0.1, 0.15) is 5.82 Å². The number of nitrogens with two attached hydrogens (primary N) is 1. The van der Waals surface area contributed by atoms with Gasteiger partial charge in [-0.3, -0.25) is 0 Å². The minimum Gasteiger partial charge on any atom is -0.378 e. The van der Waals surface area contributed by atoms with Crippen LogP contribution in [-0.2, 0) is 10.3 Å². The molecule has 0 bridgehead atoms. The number of morpholine rings is 1. The normalized spacial score (nSPS) is 15.4. The molecule has 1 aromatic carbocycles. The molecule has 2 heterocycles. The van der Waals surface area contributed by atoms with E-state index in [9.17, 15) is 0 Å². The number of ether oxygens (including phenoxy) is 1. The topological polar surface area (TPSA) is 76.3 Å². The lowest BCUT2D eigenvalue weighted by Gasteiger charge is -2.28. The molecule has 0 radical (unpaired) electrons.